The molecule has 1 fully saturated rings. The third-order valence-corrected chi connectivity index (χ3v) is 5.77. The van der Waals surface area contributed by atoms with Gasteiger partial charge >= 0.3 is 0 Å². The molecule has 2 aromatic carbocycles. The Morgan fingerprint density at radius 3 is 2.48 bits per heavy atom. The average molecular weight is 415 g/mol. The molecule has 0 spiro atoms. The molecule has 4 aromatic rings. The van der Waals surface area contributed by atoms with Crippen molar-refractivity contribution in [3.63, 3.8) is 0 Å². The molecule has 2 aromatic heterocycles. The van der Waals surface area contributed by atoms with Crippen LogP contribution in [0.3, 0.4) is 0 Å². The van der Waals surface area contributed by atoms with E-state index < -0.39 is 0 Å². The first kappa shape index (κ1) is 19.8. The fourth-order valence-corrected chi connectivity index (χ4v) is 3.96. The van der Waals surface area contributed by atoms with Gasteiger partial charge in [-0.25, -0.2) is 4.98 Å². The van der Waals surface area contributed by atoms with Crippen LogP contribution in [0.5, 0.6) is 0 Å². The third-order valence-electron chi connectivity index (χ3n) is 5.77. The predicted molar refractivity (Wildman–Crippen MR) is 120 cm³/mol. The van der Waals surface area contributed by atoms with Crippen LogP contribution in [-0.2, 0) is 11.3 Å². The topological polar surface area (TPSA) is 72.6 Å². The van der Waals surface area contributed by atoms with Gasteiger partial charge in [-0.2, -0.15) is 14.6 Å². The number of benzene rings is 2. The maximum atomic E-state index is 13.0. The second-order valence-electron chi connectivity index (χ2n) is 8.21. The predicted octanol–water partition coefficient (Wildman–Crippen LogP) is 3.26. The molecule has 0 aliphatic carbocycles. The summed E-state index contributed by atoms with van der Waals surface area (Å²) in [5.74, 6) is 1.19. The highest BCUT2D eigenvalue weighted by Gasteiger charge is 2.18. The Morgan fingerprint density at radius 1 is 1.00 bits per heavy atom. The molecule has 0 N–H and O–H groups in total. The summed E-state index contributed by atoms with van der Waals surface area (Å²) in [5, 5.41) is 5.58. The molecule has 3 heterocycles. The number of fused-ring (bicyclic) bond motifs is 3. The van der Waals surface area contributed by atoms with Gasteiger partial charge < -0.3 is 4.74 Å². The number of rotatable bonds is 4. The van der Waals surface area contributed by atoms with Crippen LogP contribution in [0.25, 0.3) is 27.8 Å². The highest BCUT2D eigenvalue weighted by molar-refractivity contribution is 5.91. The van der Waals surface area contributed by atoms with Crippen LogP contribution in [0.4, 0.5) is 0 Å². The van der Waals surface area contributed by atoms with Gasteiger partial charge in [-0.05, 0) is 23.6 Å². The largest absolute Gasteiger partial charge is 0.379 e. The first-order chi connectivity index (χ1) is 15.1. The summed E-state index contributed by atoms with van der Waals surface area (Å²) in [6.07, 6.45) is 0. The number of aromatic nitrogens is 4. The highest BCUT2D eigenvalue weighted by atomic mass is 16.5. The summed E-state index contributed by atoms with van der Waals surface area (Å²) < 4.78 is 7.22. The maximum absolute atomic E-state index is 13.0. The molecule has 0 saturated carbocycles. The molecular formula is C24H25N5O2. The minimum atomic E-state index is -0.328. The molecule has 5 rings (SSSR count). The standard InChI is InChI=1S/C24H25N5O2/c1-16(2)17-7-9-18(10-8-17)22-24(30)26-23-19-5-3-4-6-20(19)25-21(29(23)27-22)15-28-11-13-31-14-12-28/h3-10,16H,11-15H2,1-2H3. The van der Waals surface area contributed by atoms with Crippen LogP contribution in [0.2, 0.25) is 0 Å². The lowest BCUT2D eigenvalue weighted by molar-refractivity contribution is 0.0328. The second-order valence-corrected chi connectivity index (χ2v) is 8.21. The summed E-state index contributed by atoms with van der Waals surface area (Å²) in [5.41, 5.74) is 3.36. The average Bonchev–Trinajstić information content (AvgIpc) is 2.79. The van der Waals surface area contributed by atoms with Crippen molar-refractivity contribution < 1.29 is 4.74 Å². The van der Waals surface area contributed by atoms with Crippen molar-refractivity contribution >= 4 is 16.6 Å². The fraction of sp³-hybridized carbons (Fsp3) is 0.333. The van der Waals surface area contributed by atoms with Crippen molar-refractivity contribution in [2.24, 2.45) is 0 Å². The molecule has 0 bridgehead atoms. The minimum absolute atomic E-state index is 0.328. The van der Waals surface area contributed by atoms with Gasteiger partial charge in [0.15, 0.2) is 11.3 Å². The van der Waals surface area contributed by atoms with E-state index in [0.717, 1.165) is 35.4 Å². The number of morpholine rings is 1. The number of ether oxygens (including phenoxy) is 1. The molecule has 0 radical (unpaired) electrons. The summed E-state index contributed by atoms with van der Waals surface area (Å²) in [6, 6.07) is 15.7. The first-order valence-corrected chi connectivity index (χ1v) is 10.7. The van der Waals surface area contributed by atoms with Crippen LogP contribution in [-0.4, -0.2) is 50.8 Å². The van der Waals surface area contributed by atoms with Crippen LogP contribution in [0, 0.1) is 0 Å². The van der Waals surface area contributed by atoms with Gasteiger partial charge in [0.1, 0.15) is 5.82 Å². The van der Waals surface area contributed by atoms with Gasteiger partial charge in [0.2, 0.25) is 0 Å². The molecule has 0 unspecified atom stereocenters. The number of para-hydroxylation sites is 1. The smallest absolute Gasteiger partial charge is 0.300 e. The quantitative estimate of drug-likeness (QED) is 0.477. The lowest BCUT2D eigenvalue weighted by Gasteiger charge is -2.26. The van der Waals surface area contributed by atoms with Gasteiger partial charge in [-0.1, -0.05) is 50.2 Å². The van der Waals surface area contributed by atoms with Crippen molar-refractivity contribution in [2.45, 2.75) is 26.3 Å². The minimum Gasteiger partial charge on any atom is -0.379 e. The molecular weight excluding hydrogens is 390 g/mol. The summed E-state index contributed by atoms with van der Waals surface area (Å²) in [6.45, 7) is 8.01. The Labute approximate surface area is 180 Å². The van der Waals surface area contributed by atoms with E-state index in [-0.39, 0.29) is 5.56 Å². The summed E-state index contributed by atoms with van der Waals surface area (Å²) in [7, 11) is 0. The van der Waals surface area contributed by atoms with Crippen molar-refractivity contribution in [3.05, 3.63) is 70.3 Å². The molecule has 7 nitrogen and oxygen atoms in total. The molecule has 158 valence electrons. The summed E-state index contributed by atoms with van der Waals surface area (Å²) in [4.78, 5) is 24.6. The number of hydrogen-bond donors (Lipinski definition) is 0. The SMILES string of the molecule is CC(C)c1ccc(-c2nn3c(CN4CCOCC4)nc4ccccc4c3nc2=O)cc1. The van der Waals surface area contributed by atoms with Crippen molar-refractivity contribution in [2.75, 3.05) is 26.3 Å². The molecule has 0 atom stereocenters. The normalized spacial score (nSPS) is 15.2. The molecule has 1 aliphatic heterocycles. The molecule has 7 heteroatoms. The molecule has 31 heavy (non-hydrogen) atoms. The zero-order valence-corrected chi connectivity index (χ0v) is 17.8. The van der Waals surface area contributed by atoms with Gasteiger partial charge in [-0.15, -0.1) is 0 Å². The van der Waals surface area contributed by atoms with E-state index in [4.69, 9.17) is 14.8 Å². The molecule has 1 aliphatic rings. The maximum Gasteiger partial charge on any atom is 0.300 e. The zero-order valence-electron chi connectivity index (χ0n) is 17.8. The van der Waals surface area contributed by atoms with Gasteiger partial charge in [-0.3, -0.25) is 9.69 Å². The lowest BCUT2D eigenvalue weighted by Crippen LogP contribution is -2.36. The van der Waals surface area contributed by atoms with Crippen LogP contribution < -0.4 is 5.56 Å². The number of nitrogens with zero attached hydrogens (tertiary/aromatic N) is 5. The van der Waals surface area contributed by atoms with Crippen molar-refractivity contribution in [3.8, 4) is 11.3 Å². The Hall–Kier alpha value is -3.16. The van der Waals surface area contributed by atoms with E-state index in [2.05, 4.69) is 23.7 Å². The van der Waals surface area contributed by atoms with Crippen LogP contribution in [0.1, 0.15) is 31.2 Å². The Balaban J connectivity index is 1.68. The van der Waals surface area contributed by atoms with Gasteiger partial charge in [0.25, 0.3) is 5.56 Å². The number of hydrogen-bond acceptors (Lipinski definition) is 6. The Morgan fingerprint density at radius 2 is 1.74 bits per heavy atom. The molecule has 1 saturated heterocycles. The van der Waals surface area contributed by atoms with Crippen LogP contribution >= 0.6 is 0 Å². The van der Waals surface area contributed by atoms with Crippen LogP contribution in [0.15, 0.2) is 53.3 Å². The highest BCUT2D eigenvalue weighted by Crippen LogP contribution is 2.22. The second kappa shape index (κ2) is 8.17. The third kappa shape index (κ3) is 3.82. The summed E-state index contributed by atoms with van der Waals surface area (Å²) >= 11 is 0. The Kier molecular flexibility index (Phi) is 5.21. The monoisotopic (exact) mass is 415 g/mol. The van der Waals surface area contributed by atoms with E-state index in [0.29, 0.717) is 37.0 Å². The van der Waals surface area contributed by atoms with Crippen molar-refractivity contribution in [1.82, 2.24) is 24.5 Å². The van der Waals surface area contributed by atoms with E-state index in [9.17, 15) is 4.79 Å². The van der Waals surface area contributed by atoms with E-state index in [1.807, 2.05) is 48.5 Å². The zero-order chi connectivity index (χ0) is 21.4. The Bertz CT molecular complexity index is 1290. The molecule has 0 amide bonds. The van der Waals surface area contributed by atoms with E-state index in [1.165, 1.54) is 5.56 Å². The van der Waals surface area contributed by atoms with Gasteiger partial charge in [0.05, 0.1) is 25.3 Å². The van der Waals surface area contributed by atoms with E-state index >= 15 is 0 Å². The van der Waals surface area contributed by atoms with Gasteiger partial charge in [0, 0.05) is 24.0 Å². The lowest BCUT2D eigenvalue weighted by atomic mass is 10.0. The van der Waals surface area contributed by atoms with E-state index in [1.54, 1.807) is 4.52 Å². The fourth-order valence-electron chi connectivity index (χ4n) is 3.96. The first-order valence-electron chi connectivity index (χ1n) is 10.7. The van der Waals surface area contributed by atoms with Crippen molar-refractivity contribution in [1.29, 1.82) is 0 Å².